The number of ether oxygens (including phenoxy) is 1. The maximum Gasteiger partial charge on any atom is 0.107 e. The van der Waals surface area contributed by atoms with E-state index in [1.807, 2.05) is 0 Å². The van der Waals surface area contributed by atoms with Crippen LogP contribution in [0.25, 0.3) is 0 Å². The van der Waals surface area contributed by atoms with Gasteiger partial charge in [0.1, 0.15) is 6.10 Å². The van der Waals surface area contributed by atoms with E-state index in [1.165, 1.54) is 0 Å². The molecule has 2 unspecified atom stereocenters. The highest BCUT2D eigenvalue weighted by atomic mass is 16.5. The number of aliphatic hydroxyl groups excluding tert-OH is 2. The number of hydrogen-bond acceptors (Lipinski definition) is 3. The van der Waals surface area contributed by atoms with E-state index in [0.29, 0.717) is 6.42 Å². The van der Waals surface area contributed by atoms with Gasteiger partial charge in [0.2, 0.25) is 0 Å². The van der Waals surface area contributed by atoms with Gasteiger partial charge in [-0.05, 0) is 12.8 Å². The zero-order valence-corrected chi connectivity index (χ0v) is 5.16. The van der Waals surface area contributed by atoms with Crippen LogP contribution in [0.3, 0.4) is 0 Å². The summed E-state index contributed by atoms with van der Waals surface area (Å²) < 4.78 is 4.91. The molecule has 3 heteroatoms. The highest BCUT2D eigenvalue weighted by molar-refractivity contribution is 4.76. The molecule has 0 aromatic rings. The Morgan fingerprint density at radius 3 is 2.89 bits per heavy atom. The molecule has 1 aliphatic rings. The van der Waals surface area contributed by atoms with Gasteiger partial charge in [-0.2, -0.15) is 0 Å². The lowest BCUT2D eigenvalue weighted by Gasteiger charge is -2.25. The fourth-order valence-electron chi connectivity index (χ4n) is 0.872. The lowest BCUT2D eigenvalue weighted by molar-refractivity contribution is -0.0672. The van der Waals surface area contributed by atoms with E-state index in [-0.39, 0.29) is 6.61 Å². The Morgan fingerprint density at radius 1 is 1.67 bits per heavy atom. The van der Waals surface area contributed by atoms with Crippen molar-refractivity contribution in [3.63, 3.8) is 0 Å². The maximum absolute atomic E-state index is 9.06. The average molecular weight is 131 g/mol. The first-order valence-electron chi connectivity index (χ1n) is 3.10. The zero-order chi connectivity index (χ0) is 6.69. The molecule has 53 valence electrons. The molecule has 3 nitrogen and oxygen atoms in total. The van der Waals surface area contributed by atoms with Crippen molar-refractivity contribution >= 4 is 0 Å². The van der Waals surface area contributed by atoms with Crippen molar-refractivity contribution in [2.24, 2.45) is 0 Å². The molecule has 0 saturated carbocycles. The minimum absolute atomic E-state index is 0.0995. The Bertz CT molecular complexity index is 84.4. The average Bonchev–Trinajstić information content (AvgIpc) is 1.89. The quantitative estimate of drug-likeness (QED) is 0.512. The Hall–Kier alpha value is -0.120. The van der Waals surface area contributed by atoms with Crippen molar-refractivity contribution in [1.82, 2.24) is 0 Å². The standard InChI is InChI=1S/C6H11O3/c7-4-6-5(8)2-1-3-9-6/h3,5-8H,1-2,4H2. The zero-order valence-electron chi connectivity index (χ0n) is 5.16. The van der Waals surface area contributed by atoms with Crippen LogP contribution >= 0.6 is 0 Å². The van der Waals surface area contributed by atoms with Crippen LogP contribution in [0.1, 0.15) is 12.8 Å². The maximum atomic E-state index is 9.06. The monoisotopic (exact) mass is 131 g/mol. The van der Waals surface area contributed by atoms with Crippen LogP contribution in [-0.2, 0) is 4.74 Å². The highest BCUT2D eigenvalue weighted by Crippen LogP contribution is 2.15. The molecule has 1 heterocycles. The smallest absolute Gasteiger partial charge is 0.107 e. The number of aliphatic hydroxyl groups is 2. The first-order valence-corrected chi connectivity index (χ1v) is 3.10. The molecular formula is C6H11O3. The molecule has 9 heavy (non-hydrogen) atoms. The van der Waals surface area contributed by atoms with Crippen LogP contribution in [0.15, 0.2) is 0 Å². The van der Waals surface area contributed by atoms with Crippen LogP contribution in [0.4, 0.5) is 0 Å². The van der Waals surface area contributed by atoms with Crippen LogP contribution in [0, 0.1) is 6.61 Å². The van der Waals surface area contributed by atoms with E-state index in [4.69, 9.17) is 14.9 Å². The minimum atomic E-state index is -0.486. The summed E-state index contributed by atoms with van der Waals surface area (Å²) in [5, 5.41) is 17.6. The predicted octanol–water partition coefficient (Wildman–Crippen LogP) is -0.320. The van der Waals surface area contributed by atoms with E-state index < -0.39 is 12.2 Å². The van der Waals surface area contributed by atoms with Gasteiger partial charge in [-0.1, -0.05) is 0 Å². The molecule has 1 radical (unpaired) electrons. The van der Waals surface area contributed by atoms with E-state index in [1.54, 1.807) is 6.61 Å². The third-order valence-electron chi connectivity index (χ3n) is 1.46. The molecule has 2 atom stereocenters. The Morgan fingerprint density at radius 2 is 2.44 bits per heavy atom. The van der Waals surface area contributed by atoms with Gasteiger partial charge in [0.25, 0.3) is 0 Å². The van der Waals surface area contributed by atoms with Crippen molar-refractivity contribution < 1.29 is 14.9 Å². The molecule has 0 amide bonds. The summed E-state index contributed by atoms with van der Waals surface area (Å²) in [6.45, 7) is 1.53. The van der Waals surface area contributed by atoms with Crippen molar-refractivity contribution in [2.75, 3.05) is 6.61 Å². The topological polar surface area (TPSA) is 49.7 Å². The summed E-state index contributed by atoms with van der Waals surface area (Å²) in [7, 11) is 0. The highest BCUT2D eigenvalue weighted by Gasteiger charge is 2.22. The lowest BCUT2D eigenvalue weighted by Crippen LogP contribution is -2.34. The molecule has 1 fully saturated rings. The van der Waals surface area contributed by atoms with Crippen LogP contribution in [-0.4, -0.2) is 29.0 Å². The summed E-state index contributed by atoms with van der Waals surface area (Å²) in [6, 6.07) is 0. The Balaban J connectivity index is 2.30. The van der Waals surface area contributed by atoms with E-state index in [0.717, 1.165) is 6.42 Å². The third-order valence-corrected chi connectivity index (χ3v) is 1.46. The van der Waals surface area contributed by atoms with Gasteiger partial charge in [0.15, 0.2) is 0 Å². The van der Waals surface area contributed by atoms with Crippen molar-refractivity contribution in [2.45, 2.75) is 25.0 Å². The fraction of sp³-hybridized carbons (Fsp3) is 0.833. The van der Waals surface area contributed by atoms with E-state index >= 15 is 0 Å². The van der Waals surface area contributed by atoms with Gasteiger partial charge in [0.05, 0.1) is 19.3 Å². The summed E-state index contributed by atoms with van der Waals surface area (Å²) in [5.74, 6) is 0. The molecule has 0 aliphatic carbocycles. The fourth-order valence-corrected chi connectivity index (χ4v) is 0.872. The second-order valence-corrected chi connectivity index (χ2v) is 2.17. The van der Waals surface area contributed by atoms with Crippen molar-refractivity contribution in [3.05, 3.63) is 6.61 Å². The molecule has 0 aromatic carbocycles. The van der Waals surface area contributed by atoms with Crippen molar-refractivity contribution in [3.8, 4) is 0 Å². The Labute approximate surface area is 54.3 Å². The summed E-state index contributed by atoms with van der Waals surface area (Å²) in [4.78, 5) is 0. The molecule has 0 spiro atoms. The van der Waals surface area contributed by atoms with Crippen LogP contribution in [0.5, 0.6) is 0 Å². The SMILES string of the molecule is OCC1O[CH]CCC1O. The van der Waals surface area contributed by atoms with Crippen LogP contribution in [0.2, 0.25) is 0 Å². The minimum Gasteiger partial charge on any atom is -0.394 e. The van der Waals surface area contributed by atoms with Gasteiger partial charge in [-0.15, -0.1) is 0 Å². The first kappa shape index (κ1) is 6.99. The largest absolute Gasteiger partial charge is 0.394 e. The predicted molar refractivity (Wildman–Crippen MR) is 31.5 cm³/mol. The number of rotatable bonds is 1. The summed E-state index contributed by atoms with van der Waals surface area (Å²) in [5.41, 5.74) is 0. The van der Waals surface area contributed by atoms with Gasteiger partial charge in [-0.3, -0.25) is 0 Å². The second-order valence-electron chi connectivity index (χ2n) is 2.17. The third kappa shape index (κ3) is 1.64. The Kier molecular flexibility index (Phi) is 2.45. The molecule has 0 aromatic heterocycles. The van der Waals surface area contributed by atoms with E-state index in [9.17, 15) is 0 Å². The summed E-state index contributed by atoms with van der Waals surface area (Å²) in [6.07, 6.45) is 0.599. The molecular weight excluding hydrogens is 120 g/mol. The molecule has 1 rings (SSSR count). The van der Waals surface area contributed by atoms with Crippen molar-refractivity contribution in [1.29, 1.82) is 0 Å². The van der Waals surface area contributed by atoms with E-state index in [2.05, 4.69) is 0 Å². The van der Waals surface area contributed by atoms with Gasteiger partial charge in [0, 0.05) is 0 Å². The molecule has 1 aliphatic heterocycles. The molecule has 1 saturated heterocycles. The van der Waals surface area contributed by atoms with Gasteiger partial charge >= 0.3 is 0 Å². The number of hydrogen-bond donors (Lipinski definition) is 2. The first-order chi connectivity index (χ1) is 4.34. The van der Waals surface area contributed by atoms with Gasteiger partial charge < -0.3 is 14.9 Å². The molecule has 2 N–H and O–H groups in total. The van der Waals surface area contributed by atoms with Gasteiger partial charge in [-0.25, -0.2) is 0 Å². The normalized spacial score (nSPS) is 36.7. The molecule has 0 bridgehead atoms. The lowest BCUT2D eigenvalue weighted by atomic mass is 10.1. The second kappa shape index (κ2) is 3.15. The summed E-state index contributed by atoms with van der Waals surface area (Å²) >= 11 is 0. The van der Waals surface area contributed by atoms with Crippen LogP contribution < -0.4 is 0 Å².